The Kier molecular flexibility index (Phi) is 8.50. The molecule has 21 heteroatoms. The number of phosphoric ester groups is 1. The largest absolute Gasteiger partial charge is 0.488 e. The molecule has 1 fully saturated rings. The van der Waals surface area contributed by atoms with Crippen LogP contribution in [0.25, 0.3) is 11.0 Å². The SMILES string of the molecule is Nc1ncnc2c1c(Cc1ccccc1)nn2[C@@H]1O[C@H](COP(=O)(O)OP(=O)(O)OP(O)(O)=S)[C@@H](O)[C@H]1O. The van der Waals surface area contributed by atoms with Gasteiger partial charge in [-0.3, -0.25) is 4.52 Å². The molecule has 6 atom stereocenters. The summed E-state index contributed by atoms with van der Waals surface area (Å²) in [6, 6.07) is 9.26. The van der Waals surface area contributed by atoms with Crippen LogP contribution in [0.1, 0.15) is 17.5 Å². The van der Waals surface area contributed by atoms with Gasteiger partial charge in [0.25, 0.3) is 0 Å². The first kappa shape index (κ1) is 29.3. The molecule has 0 amide bonds. The number of phosphoric acid groups is 2. The highest BCUT2D eigenvalue weighted by Gasteiger charge is 2.47. The van der Waals surface area contributed by atoms with Crippen LogP contribution in [0.4, 0.5) is 5.82 Å². The van der Waals surface area contributed by atoms with E-state index >= 15 is 0 Å². The molecule has 1 aromatic carbocycles. The number of rotatable bonds is 10. The quantitative estimate of drug-likeness (QED) is 0.149. The van der Waals surface area contributed by atoms with Crippen molar-refractivity contribution in [1.82, 2.24) is 19.7 Å². The summed E-state index contributed by atoms with van der Waals surface area (Å²) >= 11 is 4.01. The van der Waals surface area contributed by atoms with Crippen molar-refractivity contribution in [2.45, 2.75) is 31.0 Å². The van der Waals surface area contributed by atoms with Crippen LogP contribution < -0.4 is 5.73 Å². The molecule has 1 saturated heterocycles. The van der Waals surface area contributed by atoms with E-state index in [1.165, 1.54) is 11.0 Å². The maximum Gasteiger partial charge on any atom is 0.488 e. The van der Waals surface area contributed by atoms with Gasteiger partial charge in [0.1, 0.15) is 30.5 Å². The minimum absolute atomic E-state index is 0.116. The average molecular weight is 613 g/mol. The number of hydrogen-bond acceptors (Lipinski definition) is 13. The molecule has 208 valence electrons. The third kappa shape index (κ3) is 6.88. The van der Waals surface area contributed by atoms with Crippen molar-refractivity contribution in [3.63, 3.8) is 0 Å². The fraction of sp³-hybridized carbons (Fsp3) is 0.353. The lowest BCUT2D eigenvalue weighted by Gasteiger charge is -2.19. The Morgan fingerprint density at radius 1 is 1.03 bits per heavy atom. The monoisotopic (exact) mass is 613 g/mol. The summed E-state index contributed by atoms with van der Waals surface area (Å²) in [5.74, 6) is 0.116. The number of fused-ring (bicyclic) bond motifs is 1. The fourth-order valence-corrected chi connectivity index (χ4v) is 7.49. The number of aliphatic hydroxyl groups is 2. The van der Waals surface area contributed by atoms with E-state index in [4.69, 9.17) is 20.3 Å². The van der Waals surface area contributed by atoms with Gasteiger partial charge in [0.05, 0.1) is 17.7 Å². The molecule has 38 heavy (non-hydrogen) atoms. The molecule has 8 N–H and O–H groups in total. The van der Waals surface area contributed by atoms with Crippen molar-refractivity contribution in [2.24, 2.45) is 0 Å². The van der Waals surface area contributed by atoms with Crippen LogP contribution in [-0.4, -0.2) is 74.5 Å². The van der Waals surface area contributed by atoms with Crippen molar-refractivity contribution in [2.75, 3.05) is 12.3 Å². The number of nitrogens with zero attached hydrogens (tertiary/aromatic N) is 4. The maximum atomic E-state index is 12.1. The molecule has 1 aliphatic heterocycles. The summed E-state index contributed by atoms with van der Waals surface area (Å²) in [7, 11) is -10.9. The van der Waals surface area contributed by atoms with E-state index in [1.54, 1.807) is 0 Å². The molecule has 4 rings (SSSR count). The van der Waals surface area contributed by atoms with E-state index in [2.05, 4.69) is 40.0 Å². The lowest BCUT2D eigenvalue weighted by atomic mass is 10.1. The van der Waals surface area contributed by atoms with E-state index in [0.717, 1.165) is 5.56 Å². The zero-order valence-electron chi connectivity index (χ0n) is 18.9. The molecule has 17 nitrogen and oxygen atoms in total. The van der Waals surface area contributed by atoms with Crippen molar-refractivity contribution in [3.05, 3.63) is 47.9 Å². The van der Waals surface area contributed by atoms with Gasteiger partial charge >= 0.3 is 22.4 Å². The minimum Gasteiger partial charge on any atom is -0.387 e. The molecule has 0 radical (unpaired) electrons. The topological polar surface area (TPSA) is 262 Å². The molecule has 0 saturated carbocycles. The Bertz CT molecular complexity index is 1460. The summed E-state index contributed by atoms with van der Waals surface area (Å²) in [6.45, 7) is -5.67. The van der Waals surface area contributed by atoms with Crippen LogP contribution in [0.3, 0.4) is 0 Å². The summed E-state index contributed by atoms with van der Waals surface area (Å²) in [5.41, 5.74) is 7.58. The van der Waals surface area contributed by atoms with Crippen molar-refractivity contribution < 1.29 is 56.8 Å². The molecule has 0 aliphatic carbocycles. The van der Waals surface area contributed by atoms with Gasteiger partial charge in [-0.25, -0.2) is 28.1 Å². The van der Waals surface area contributed by atoms with Crippen LogP contribution >= 0.6 is 22.4 Å². The molecule has 3 aromatic rings. The molecule has 0 spiro atoms. The standard InChI is InChI=1S/C17H22N5O12P3S/c18-15-12-10(6-9-4-2-1-3-5-9)21-22(16(12)20-8-19-15)17-14(24)13(23)11(32-17)7-31-35(25,26)33-36(27,28)34-37(29,30)38/h1-5,8,11,13-14,17,23-24H,6-7H2,(H,25,26)(H,27,28)(H2,18,19,20)(H2,29,30,38)/t11-,13-,14-,17-/m1/s1. The molecule has 0 bridgehead atoms. The predicted octanol–water partition coefficient (Wildman–Crippen LogP) is 0.0782. The fourth-order valence-electron chi connectivity index (χ4n) is 3.70. The van der Waals surface area contributed by atoms with Crippen LogP contribution in [0.15, 0.2) is 36.7 Å². The lowest BCUT2D eigenvalue weighted by Crippen LogP contribution is -2.33. The first-order valence-corrected chi connectivity index (χ1v) is 16.1. The Morgan fingerprint density at radius 3 is 2.37 bits per heavy atom. The number of anilines is 1. The summed E-state index contributed by atoms with van der Waals surface area (Å²) in [4.78, 5) is 45.2. The zero-order chi connectivity index (χ0) is 27.9. The lowest BCUT2D eigenvalue weighted by molar-refractivity contribution is -0.0559. The van der Waals surface area contributed by atoms with Gasteiger partial charge in [-0.2, -0.15) is 9.41 Å². The first-order chi connectivity index (χ1) is 17.7. The van der Waals surface area contributed by atoms with E-state index in [-0.39, 0.29) is 11.5 Å². The Balaban J connectivity index is 1.53. The number of hydrogen-bond donors (Lipinski definition) is 7. The second-order valence-corrected chi connectivity index (χ2v) is 13.8. The number of benzene rings is 1. The van der Waals surface area contributed by atoms with Crippen LogP contribution in [0.5, 0.6) is 0 Å². The number of nitrogens with two attached hydrogens (primary N) is 1. The van der Waals surface area contributed by atoms with Crippen molar-refractivity contribution in [3.8, 4) is 0 Å². The van der Waals surface area contributed by atoms with Gasteiger partial charge < -0.3 is 40.3 Å². The minimum atomic E-state index is -5.53. The Hall–Kier alpha value is -1.72. The van der Waals surface area contributed by atoms with E-state index in [0.29, 0.717) is 17.5 Å². The highest BCUT2D eigenvalue weighted by atomic mass is 32.5. The second kappa shape index (κ2) is 11.0. The summed E-state index contributed by atoms with van der Waals surface area (Å²) in [6.07, 6.45) is -4.64. The van der Waals surface area contributed by atoms with Gasteiger partial charge in [-0.05, 0) is 17.4 Å². The normalized spacial score (nSPS) is 25.3. The number of ether oxygens (including phenoxy) is 1. The van der Waals surface area contributed by atoms with E-state index in [9.17, 15) is 29.1 Å². The van der Waals surface area contributed by atoms with Crippen molar-refractivity contribution >= 4 is 51.0 Å². The maximum absolute atomic E-state index is 12.1. The number of aliphatic hydroxyl groups excluding tert-OH is 2. The first-order valence-electron chi connectivity index (χ1n) is 10.5. The molecule has 2 unspecified atom stereocenters. The zero-order valence-corrected chi connectivity index (χ0v) is 22.4. The van der Waals surface area contributed by atoms with Gasteiger partial charge in [-0.1, -0.05) is 30.3 Å². The summed E-state index contributed by atoms with van der Waals surface area (Å²) < 4.78 is 42.8. The number of nitrogen functional groups attached to an aromatic ring is 1. The van der Waals surface area contributed by atoms with Crippen LogP contribution in [0.2, 0.25) is 0 Å². The second-order valence-electron chi connectivity index (χ2n) is 7.94. The third-order valence-corrected chi connectivity index (χ3v) is 9.60. The van der Waals surface area contributed by atoms with Crippen LogP contribution in [0, 0.1) is 0 Å². The predicted molar refractivity (Wildman–Crippen MR) is 131 cm³/mol. The van der Waals surface area contributed by atoms with Crippen molar-refractivity contribution in [1.29, 1.82) is 0 Å². The Labute approximate surface area is 218 Å². The molecule has 2 aromatic heterocycles. The van der Waals surface area contributed by atoms with Gasteiger partial charge in [0.2, 0.25) is 0 Å². The summed E-state index contributed by atoms with van der Waals surface area (Å²) in [5, 5.41) is 26.0. The molecule has 1 aliphatic rings. The van der Waals surface area contributed by atoms with E-state index < -0.39 is 53.5 Å². The number of aromatic nitrogens is 4. The molecular weight excluding hydrogens is 591 g/mol. The van der Waals surface area contributed by atoms with Gasteiger partial charge in [0.15, 0.2) is 11.9 Å². The molecular formula is C17H22N5O12P3S. The average Bonchev–Trinajstić information content (AvgIpc) is 3.29. The Morgan fingerprint density at radius 2 is 1.71 bits per heavy atom. The molecule has 3 heterocycles. The van der Waals surface area contributed by atoms with Gasteiger partial charge in [0, 0.05) is 6.42 Å². The van der Waals surface area contributed by atoms with E-state index in [1.807, 2.05) is 30.3 Å². The van der Waals surface area contributed by atoms with Gasteiger partial charge in [-0.15, -0.1) is 0 Å². The van der Waals surface area contributed by atoms with Crippen LogP contribution in [-0.2, 0) is 45.2 Å². The highest BCUT2D eigenvalue weighted by Crippen LogP contribution is 2.66. The highest BCUT2D eigenvalue weighted by molar-refractivity contribution is 8.08. The third-order valence-electron chi connectivity index (χ3n) is 5.20. The smallest absolute Gasteiger partial charge is 0.387 e.